The van der Waals surface area contributed by atoms with Gasteiger partial charge in [0.2, 0.25) is 0 Å². The minimum Gasteiger partial charge on any atom is -0.395 e. The summed E-state index contributed by atoms with van der Waals surface area (Å²) in [5, 5.41) is 11.5. The first-order valence-corrected chi connectivity index (χ1v) is 7.11. The molecule has 0 aromatic heterocycles. The maximum absolute atomic E-state index is 12.9. The number of nitrogens with one attached hydrogen (secondary N) is 1. The van der Waals surface area contributed by atoms with E-state index in [9.17, 15) is 18.0 Å². The van der Waals surface area contributed by atoms with Crippen LogP contribution in [0.5, 0.6) is 0 Å². The van der Waals surface area contributed by atoms with Crippen LogP contribution in [0, 0.1) is 0 Å². The van der Waals surface area contributed by atoms with E-state index in [4.69, 9.17) is 5.11 Å². The number of aliphatic hydroxyl groups is 1. The van der Waals surface area contributed by atoms with Crippen molar-refractivity contribution in [2.75, 3.05) is 19.7 Å². The van der Waals surface area contributed by atoms with Crippen LogP contribution >= 0.6 is 0 Å². The van der Waals surface area contributed by atoms with Gasteiger partial charge in [-0.15, -0.1) is 0 Å². The summed E-state index contributed by atoms with van der Waals surface area (Å²) >= 11 is 0. The molecular weight excluding hydrogens is 297 g/mol. The summed E-state index contributed by atoms with van der Waals surface area (Å²) in [5.74, 6) is 0. The summed E-state index contributed by atoms with van der Waals surface area (Å²) < 4.78 is 38.8. The maximum atomic E-state index is 12.9. The van der Waals surface area contributed by atoms with Crippen LogP contribution in [0.15, 0.2) is 24.3 Å². The molecule has 1 unspecified atom stereocenters. The number of amides is 2. The van der Waals surface area contributed by atoms with Crippen molar-refractivity contribution >= 4 is 6.03 Å². The highest BCUT2D eigenvalue weighted by Gasteiger charge is 2.33. The number of benzene rings is 1. The Balaban J connectivity index is 2.74. The first kappa shape index (κ1) is 18.3. The molecular formula is C15H21F3N2O2. The number of aliphatic hydroxyl groups excluding tert-OH is 1. The van der Waals surface area contributed by atoms with E-state index in [2.05, 4.69) is 5.32 Å². The lowest BCUT2D eigenvalue weighted by Gasteiger charge is -2.24. The second-order valence-corrected chi connectivity index (χ2v) is 5.01. The number of hydrogen-bond donors (Lipinski definition) is 2. The monoisotopic (exact) mass is 318 g/mol. The van der Waals surface area contributed by atoms with Crippen molar-refractivity contribution in [1.82, 2.24) is 10.2 Å². The number of carbonyl (C=O) groups excluding carboxylic acids is 1. The number of carbonyl (C=O) groups is 1. The molecule has 0 heterocycles. The number of nitrogens with zero attached hydrogens (tertiary/aromatic N) is 1. The average Bonchev–Trinajstić information content (AvgIpc) is 2.43. The highest BCUT2D eigenvalue weighted by Crippen LogP contribution is 2.32. The lowest BCUT2D eigenvalue weighted by molar-refractivity contribution is -0.138. The van der Waals surface area contributed by atoms with Gasteiger partial charge in [0.15, 0.2) is 0 Å². The predicted molar refractivity (Wildman–Crippen MR) is 77.5 cm³/mol. The highest BCUT2D eigenvalue weighted by atomic mass is 19.4. The van der Waals surface area contributed by atoms with Crippen molar-refractivity contribution in [3.63, 3.8) is 0 Å². The van der Waals surface area contributed by atoms with Gasteiger partial charge in [0.1, 0.15) is 0 Å². The Morgan fingerprint density at radius 1 is 1.36 bits per heavy atom. The van der Waals surface area contributed by atoms with E-state index in [-0.39, 0.29) is 25.1 Å². The van der Waals surface area contributed by atoms with Crippen molar-refractivity contribution in [3.05, 3.63) is 35.4 Å². The van der Waals surface area contributed by atoms with E-state index in [1.54, 1.807) is 19.9 Å². The molecule has 124 valence electrons. The molecule has 0 saturated heterocycles. The van der Waals surface area contributed by atoms with Crippen molar-refractivity contribution in [2.45, 2.75) is 32.5 Å². The second-order valence-electron chi connectivity index (χ2n) is 5.01. The van der Waals surface area contributed by atoms with E-state index in [0.29, 0.717) is 6.54 Å². The van der Waals surface area contributed by atoms with Gasteiger partial charge < -0.3 is 15.3 Å². The van der Waals surface area contributed by atoms with Gasteiger partial charge in [-0.25, -0.2) is 4.79 Å². The van der Waals surface area contributed by atoms with Gasteiger partial charge in [0.05, 0.1) is 12.2 Å². The molecule has 0 aliphatic rings. The van der Waals surface area contributed by atoms with E-state index in [1.807, 2.05) is 0 Å². The maximum Gasteiger partial charge on any atom is 0.416 e. The Morgan fingerprint density at radius 3 is 2.55 bits per heavy atom. The third-order valence-electron chi connectivity index (χ3n) is 3.26. The summed E-state index contributed by atoms with van der Waals surface area (Å²) in [7, 11) is 0. The Kier molecular flexibility index (Phi) is 6.67. The molecule has 0 bridgehead atoms. The lowest BCUT2D eigenvalue weighted by Crippen LogP contribution is -2.45. The quantitative estimate of drug-likeness (QED) is 0.847. The molecule has 1 rings (SSSR count). The van der Waals surface area contributed by atoms with Gasteiger partial charge in [-0.05, 0) is 31.9 Å². The SMILES string of the molecule is CCN(CCO)C(=O)NC(C)Cc1ccccc1C(F)(F)F. The first-order chi connectivity index (χ1) is 10.3. The van der Waals surface area contributed by atoms with Crippen LogP contribution in [0.4, 0.5) is 18.0 Å². The van der Waals surface area contributed by atoms with Crippen molar-refractivity contribution < 1.29 is 23.1 Å². The van der Waals surface area contributed by atoms with Crippen LogP contribution in [-0.2, 0) is 12.6 Å². The van der Waals surface area contributed by atoms with Gasteiger partial charge in [0.25, 0.3) is 0 Å². The Bertz CT molecular complexity index is 492. The summed E-state index contributed by atoms with van der Waals surface area (Å²) in [6, 6.07) is 4.49. The highest BCUT2D eigenvalue weighted by molar-refractivity contribution is 5.74. The minimum absolute atomic E-state index is 0.0815. The molecule has 2 amide bonds. The van der Waals surface area contributed by atoms with E-state index < -0.39 is 23.8 Å². The number of halogens is 3. The Labute approximate surface area is 127 Å². The third-order valence-corrected chi connectivity index (χ3v) is 3.26. The molecule has 7 heteroatoms. The van der Waals surface area contributed by atoms with Gasteiger partial charge in [-0.3, -0.25) is 0 Å². The van der Waals surface area contributed by atoms with Crippen LogP contribution < -0.4 is 5.32 Å². The van der Waals surface area contributed by atoms with Gasteiger partial charge in [-0.1, -0.05) is 18.2 Å². The fourth-order valence-electron chi connectivity index (χ4n) is 2.18. The topological polar surface area (TPSA) is 52.6 Å². The molecule has 0 radical (unpaired) electrons. The van der Waals surface area contributed by atoms with Crippen LogP contribution in [0.25, 0.3) is 0 Å². The third kappa shape index (κ3) is 5.22. The van der Waals surface area contributed by atoms with Crippen molar-refractivity contribution in [1.29, 1.82) is 0 Å². The number of hydrogen-bond acceptors (Lipinski definition) is 2. The first-order valence-electron chi connectivity index (χ1n) is 7.11. The Hall–Kier alpha value is -1.76. The van der Waals surface area contributed by atoms with Crippen LogP contribution in [0.1, 0.15) is 25.0 Å². The zero-order valence-corrected chi connectivity index (χ0v) is 12.7. The fourth-order valence-corrected chi connectivity index (χ4v) is 2.18. The second kappa shape index (κ2) is 8.03. The summed E-state index contributed by atoms with van der Waals surface area (Å²) in [5.41, 5.74) is -0.535. The number of likely N-dealkylation sites (N-methyl/N-ethyl adjacent to an activating group) is 1. The summed E-state index contributed by atoms with van der Waals surface area (Å²) in [6.45, 7) is 3.86. The normalized spacial score (nSPS) is 12.8. The molecule has 1 aromatic rings. The standard InChI is InChI=1S/C15H21F3N2O2/c1-3-20(8-9-21)14(22)19-11(2)10-12-6-4-5-7-13(12)15(16,17)18/h4-7,11,21H,3,8-10H2,1-2H3,(H,19,22). The van der Waals surface area contributed by atoms with Crippen molar-refractivity contribution in [2.24, 2.45) is 0 Å². The molecule has 1 atom stereocenters. The zero-order chi connectivity index (χ0) is 16.8. The number of rotatable bonds is 6. The lowest BCUT2D eigenvalue weighted by atomic mass is 10.0. The fraction of sp³-hybridized carbons (Fsp3) is 0.533. The summed E-state index contributed by atoms with van der Waals surface area (Å²) in [4.78, 5) is 13.3. The van der Waals surface area contributed by atoms with E-state index in [0.717, 1.165) is 6.07 Å². The average molecular weight is 318 g/mol. The van der Waals surface area contributed by atoms with Crippen LogP contribution in [0.2, 0.25) is 0 Å². The molecule has 1 aromatic carbocycles. The molecule has 22 heavy (non-hydrogen) atoms. The largest absolute Gasteiger partial charge is 0.416 e. The van der Waals surface area contributed by atoms with Crippen LogP contribution in [-0.4, -0.2) is 41.8 Å². The molecule has 0 fully saturated rings. The van der Waals surface area contributed by atoms with Gasteiger partial charge in [-0.2, -0.15) is 13.2 Å². The van der Waals surface area contributed by atoms with Gasteiger partial charge >= 0.3 is 12.2 Å². The zero-order valence-electron chi connectivity index (χ0n) is 12.7. The molecule has 0 spiro atoms. The predicted octanol–water partition coefficient (Wildman–Crippen LogP) is 2.66. The van der Waals surface area contributed by atoms with Crippen LogP contribution in [0.3, 0.4) is 0 Å². The van der Waals surface area contributed by atoms with Crippen molar-refractivity contribution in [3.8, 4) is 0 Å². The molecule has 2 N–H and O–H groups in total. The molecule has 4 nitrogen and oxygen atoms in total. The Morgan fingerprint density at radius 2 is 2.00 bits per heavy atom. The summed E-state index contributed by atoms with van der Waals surface area (Å²) in [6.07, 6.45) is -4.33. The number of urea groups is 1. The molecule has 0 saturated carbocycles. The molecule has 0 aliphatic heterocycles. The van der Waals surface area contributed by atoms with E-state index >= 15 is 0 Å². The minimum atomic E-state index is -4.41. The van der Waals surface area contributed by atoms with Gasteiger partial charge in [0, 0.05) is 19.1 Å². The van der Waals surface area contributed by atoms with E-state index in [1.165, 1.54) is 17.0 Å². The number of alkyl halides is 3. The smallest absolute Gasteiger partial charge is 0.395 e. The molecule has 0 aliphatic carbocycles.